The fourth-order valence-electron chi connectivity index (χ4n) is 2.25. The van der Waals surface area contributed by atoms with Gasteiger partial charge in [-0.25, -0.2) is 0 Å². The Labute approximate surface area is 119 Å². The van der Waals surface area contributed by atoms with Crippen LogP contribution in [0.4, 0.5) is 5.69 Å². The van der Waals surface area contributed by atoms with Crippen LogP contribution in [0.15, 0.2) is 24.3 Å². The summed E-state index contributed by atoms with van der Waals surface area (Å²) in [6.45, 7) is 5.77. The molecule has 104 valence electrons. The molecule has 1 aromatic carbocycles. The van der Waals surface area contributed by atoms with Crippen molar-refractivity contribution in [3.8, 4) is 5.75 Å². The molecule has 1 saturated heterocycles. The predicted octanol–water partition coefficient (Wildman–Crippen LogP) is 2.50. The summed E-state index contributed by atoms with van der Waals surface area (Å²) in [5.41, 5.74) is 0.941. The van der Waals surface area contributed by atoms with Crippen LogP contribution in [0.1, 0.15) is 13.8 Å². The van der Waals surface area contributed by atoms with Crippen LogP contribution < -0.4 is 10.1 Å². The van der Waals surface area contributed by atoms with E-state index in [4.69, 9.17) is 21.7 Å². The largest absolute Gasteiger partial charge is 0.497 e. The van der Waals surface area contributed by atoms with Crippen molar-refractivity contribution in [2.75, 3.05) is 25.5 Å². The zero-order valence-electron chi connectivity index (χ0n) is 11.6. The summed E-state index contributed by atoms with van der Waals surface area (Å²) in [5, 5.41) is 3.98. The van der Waals surface area contributed by atoms with Crippen molar-refractivity contribution in [2.45, 2.75) is 26.1 Å². The molecule has 0 aliphatic carbocycles. The van der Waals surface area contributed by atoms with E-state index in [2.05, 4.69) is 24.1 Å². The van der Waals surface area contributed by atoms with Gasteiger partial charge in [0.25, 0.3) is 0 Å². The number of rotatable bonds is 2. The molecule has 0 saturated carbocycles. The topological polar surface area (TPSA) is 33.7 Å². The Hall–Kier alpha value is -1.33. The molecule has 0 radical (unpaired) electrons. The van der Waals surface area contributed by atoms with Crippen molar-refractivity contribution in [3.63, 3.8) is 0 Å². The lowest BCUT2D eigenvalue weighted by Crippen LogP contribution is -2.49. The van der Waals surface area contributed by atoms with Gasteiger partial charge >= 0.3 is 0 Å². The molecule has 0 amide bonds. The Balaban J connectivity index is 2.00. The normalized spacial score (nSPS) is 23.0. The summed E-state index contributed by atoms with van der Waals surface area (Å²) < 4.78 is 10.9. The summed E-state index contributed by atoms with van der Waals surface area (Å²) in [5.74, 6) is 0.816. The molecule has 1 aliphatic rings. The smallest absolute Gasteiger partial charge is 0.173 e. The Morgan fingerprint density at radius 2 is 2.05 bits per heavy atom. The summed E-state index contributed by atoms with van der Waals surface area (Å²) in [4.78, 5) is 2.15. The number of morpholine rings is 1. The lowest BCUT2D eigenvalue weighted by atomic mass is 10.2. The molecule has 0 unspecified atom stereocenters. The molecular weight excluding hydrogens is 260 g/mol. The minimum absolute atomic E-state index is 0.203. The Morgan fingerprint density at radius 1 is 1.37 bits per heavy atom. The molecular formula is C14H20N2O2S. The Kier molecular flexibility index (Phi) is 4.61. The van der Waals surface area contributed by atoms with E-state index >= 15 is 0 Å². The fraction of sp³-hybridized carbons (Fsp3) is 0.500. The van der Waals surface area contributed by atoms with E-state index in [1.54, 1.807) is 7.11 Å². The number of benzene rings is 1. The van der Waals surface area contributed by atoms with Gasteiger partial charge in [0.2, 0.25) is 0 Å². The first-order valence-electron chi connectivity index (χ1n) is 6.44. The van der Waals surface area contributed by atoms with Crippen molar-refractivity contribution >= 4 is 23.0 Å². The maximum atomic E-state index is 5.70. The molecule has 0 spiro atoms. The SMILES string of the molecule is COc1cccc(NC(=S)N2C[C@@H](C)O[C@H](C)C2)c1. The molecule has 4 nitrogen and oxygen atoms in total. The van der Waals surface area contributed by atoms with Crippen LogP contribution in [0, 0.1) is 0 Å². The van der Waals surface area contributed by atoms with Crippen molar-refractivity contribution in [1.82, 2.24) is 4.90 Å². The lowest BCUT2D eigenvalue weighted by Gasteiger charge is -2.36. The quantitative estimate of drug-likeness (QED) is 0.842. The van der Waals surface area contributed by atoms with E-state index in [0.717, 1.165) is 29.6 Å². The van der Waals surface area contributed by atoms with E-state index in [9.17, 15) is 0 Å². The molecule has 1 aromatic rings. The Bertz CT molecular complexity index is 443. The van der Waals surface area contributed by atoms with Gasteiger partial charge in [-0.1, -0.05) is 6.07 Å². The molecule has 1 N–H and O–H groups in total. The van der Waals surface area contributed by atoms with E-state index in [1.807, 2.05) is 24.3 Å². The fourth-order valence-corrected chi connectivity index (χ4v) is 2.51. The molecule has 5 heteroatoms. The standard InChI is InChI=1S/C14H20N2O2S/c1-10-8-16(9-11(2)18-10)14(19)15-12-5-4-6-13(7-12)17-3/h4-7,10-11H,8-9H2,1-3H3,(H,15,19)/t10-,11-/m1/s1. The van der Waals surface area contributed by atoms with E-state index < -0.39 is 0 Å². The number of ether oxygens (including phenoxy) is 2. The third-order valence-corrected chi connectivity index (χ3v) is 3.39. The minimum Gasteiger partial charge on any atom is -0.497 e. The van der Waals surface area contributed by atoms with Crippen LogP contribution in [0.2, 0.25) is 0 Å². The number of hydrogen-bond donors (Lipinski definition) is 1. The number of anilines is 1. The second kappa shape index (κ2) is 6.21. The molecule has 1 fully saturated rings. The lowest BCUT2D eigenvalue weighted by molar-refractivity contribution is -0.0473. The third kappa shape index (κ3) is 3.81. The molecule has 1 aliphatic heterocycles. The van der Waals surface area contributed by atoms with Gasteiger partial charge in [0, 0.05) is 24.8 Å². The zero-order chi connectivity index (χ0) is 13.8. The highest BCUT2D eigenvalue weighted by Crippen LogP contribution is 2.18. The minimum atomic E-state index is 0.203. The average Bonchev–Trinajstić information content (AvgIpc) is 2.37. The van der Waals surface area contributed by atoms with E-state index in [1.165, 1.54) is 0 Å². The van der Waals surface area contributed by atoms with Crippen LogP contribution in [0.25, 0.3) is 0 Å². The first-order valence-corrected chi connectivity index (χ1v) is 6.84. The molecule has 2 atom stereocenters. The molecule has 0 bridgehead atoms. The molecule has 19 heavy (non-hydrogen) atoms. The van der Waals surface area contributed by atoms with Gasteiger partial charge in [0.1, 0.15) is 5.75 Å². The highest BCUT2D eigenvalue weighted by Gasteiger charge is 2.23. The van der Waals surface area contributed by atoms with Crippen LogP contribution >= 0.6 is 12.2 Å². The number of thiocarbonyl (C=S) groups is 1. The van der Waals surface area contributed by atoms with Gasteiger partial charge < -0.3 is 19.7 Å². The van der Waals surface area contributed by atoms with Crippen molar-refractivity contribution in [1.29, 1.82) is 0 Å². The van der Waals surface area contributed by atoms with Crippen molar-refractivity contribution in [3.05, 3.63) is 24.3 Å². The van der Waals surface area contributed by atoms with E-state index in [-0.39, 0.29) is 12.2 Å². The summed E-state index contributed by atoms with van der Waals surface area (Å²) in [6.07, 6.45) is 0.405. The average molecular weight is 280 g/mol. The Morgan fingerprint density at radius 3 is 2.68 bits per heavy atom. The van der Waals surface area contributed by atoms with Crippen LogP contribution in [0.5, 0.6) is 5.75 Å². The maximum Gasteiger partial charge on any atom is 0.173 e. The number of nitrogens with zero attached hydrogens (tertiary/aromatic N) is 1. The monoisotopic (exact) mass is 280 g/mol. The molecule has 2 rings (SSSR count). The van der Waals surface area contributed by atoms with Crippen molar-refractivity contribution < 1.29 is 9.47 Å². The summed E-state index contributed by atoms with van der Waals surface area (Å²) >= 11 is 5.46. The van der Waals surface area contributed by atoms with Crippen LogP contribution in [-0.4, -0.2) is 42.4 Å². The summed E-state index contributed by atoms with van der Waals surface area (Å²) in [7, 11) is 1.66. The van der Waals surface area contributed by atoms with Gasteiger partial charge in [-0.3, -0.25) is 0 Å². The second-order valence-corrected chi connectivity index (χ2v) is 5.21. The van der Waals surface area contributed by atoms with Gasteiger partial charge in [0.15, 0.2) is 5.11 Å². The van der Waals surface area contributed by atoms with Crippen LogP contribution in [-0.2, 0) is 4.74 Å². The van der Waals surface area contributed by atoms with Gasteiger partial charge in [-0.2, -0.15) is 0 Å². The predicted molar refractivity (Wildman–Crippen MR) is 80.8 cm³/mol. The molecule has 0 aromatic heterocycles. The van der Waals surface area contributed by atoms with Gasteiger partial charge in [-0.15, -0.1) is 0 Å². The zero-order valence-corrected chi connectivity index (χ0v) is 12.4. The second-order valence-electron chi connectivity index (χ2n) is 4.82. The number of methoxy groups -OCH3 is 1. The first kappa shape index (κ1) is 14.1. The van der Waals surface area contributed by atoms with Gasteiger partial charge in [0.05, 0.1) is 19.3 Å². The van der Waals surface area contributed by atoms with Crippen molar-refractivity contribution in [2.24, 2.45) is 0 Å². The first-order chi connectivity index (χ1) is 9.08. The molecule has 1 heterocycles. The highest BCUT2D eigenvalue weighted by molar-refractivity contribution is 7.80. The third-order valence-electron chi connectivity index (χ3n) is 3.03. The highest BCUT2D eigenvalue weighted by atomic mass is 32.1. The van der Waals surface area contributed by atoms with E-state index in [0.29, 0.717) is 0 Å². The summed E-state index contributed by atoms with van der Waals surface area (Å²) in [6, 6.07) is 7.75. The maximum absolute atomic E-state index is 5.70. The van der Waals surface area contributed by atoms with Crippen LogP contribution in [0.3, 0.4) is 0 Å². The number of hydrogen-bond acceptors (Lipinski definition) is 3. The number of nitrogens with one attached hydrogen (secondary N) is 1. The van der Waals surface area contributed by atoms with Gasteiger partial charge in [-0.05, 0) is 38.2 Å².